The predicted octanol–water partition coefficient (Wildman–Crippen LogP) is 4.95. The maximum absolute atomic E-state index is 12.7. The molecular formula is C23H22N4O3S2. The second-order valence-corrected chi connectivity index (χ2v) is 9.54. The zero-order chi connectivity index (χ0) is 22.7. The van der Waals surface area contributed by atoms with E-state index in [-0.39, 0.29) is 11.8 Å². The smallest absolute Gasteiger partial charge is 0.256 e. The number of thioether (sulfide) groups is 1. The van der Waals surface area contributed by atoms with Crippen molar-refractivity contribution in [2.45, 2.75) is 37.7 Å². The summed E-state index contributed by atoms with van der Waals surface area (Å²) in [5.41, 5.74) is 1.77. The van der Waals surface area contributed by atoms with Gasteiger partial charge >= 0.3 is 0 Å². The lowest BCUT2D eigenvalue weighted by Gasteiger charge is -2.12. The number of aryl methyl sites for hydroxylation is 2. The van der Waals surface area contributed by atoms with E-state index in [0.717, 1.165) is 10.4 Å². The molecule has 1 unspecified atom stereocenters. The number of hydrogen-bond acceptors (Lipinski definition) is 7. The molecule has 1 aromatic carbocycles. The Hall–Kier alpha value is -3.17. The van der Waals surface area contributed by atoms with Crippen molar-refractivity contribution >= 4 is 51.8 Å². The van der Waals surface area contributed by atoms with Gasteiger partial charge in [0.15, 0.2) is 5.16 Å². The molecule has 2 amide bonds. The molecule has 0 saturated carbocycles. The highest BCUT2D eigenvalue weighted by Crippen LogP contribution is 2.32. The van der Waals surface area contributed by atoms with E-state index in [2.05, 4.69) is 20.6 Å². The Morgan fingerprint density at radius 1 is 1.12 bits per heavy atom. The average molecular weight is 467 g/mol. The molecule has 0 aliphatic carbocycles. The predicted molar refractivity (Wildman–Crippen MR) is 127 cm³/mol. The number of benzene rings is 1. The van der Waals surface area contributed by atoms with Crippen molar-refractivity contribution in [3.05, 3.63) is 69.6 Å². The van der Waals surface area contributed by atoms with Crippen molar-refractivity contribution in [2.75, 3.05) is 5.32 Å². The van der Waals surface area contributed by atoms with Crippen LogP contribution in [0.25, 0.3) is 11.1 Å². The lowest BCUT2D eigenvalue weighted by atomic mass is 10.2. The van der Waals surface area contributed by atoms with Crippen LogP contribution >= 0.6 is 23.1 Å². The number of thiophene rings is 1. The van der Waals surface area contributed by atoms with E-state index >= 15 is 0 Å². The molecule has 7 nitrogen and oxygen atoms in total. The van der Waals surface area contributed by atoms with Crippen LogP contribution in [0.3, 0.4) is 0 Å². The molecule has 0 aliphatic heterocycles. The van der Waals surface area contributed by atoms with Gasteiger partial charge in [-0.15, -0.1) is 11.3 Å². The van der Waals surface area contributed by atoms with Crippen molar-refractivity contribution in [3.8, 4) is 0 Å². The van der Waals surface area contributed by atoms with E-state index in [4.69, 9.17) is 4.42 Å². The van der Waals surface area contributed by atoms with Crippen LogP contribution in [0.15, 0.2) is 57.4 Å². The number of nitrogens with zero attached hydrogens (tertiary/aromatic N) is 2. The van der Waals surface area contributed by atoms with Gasteiger partial charge in [0, 0.05) is 16.0 Å². The van der Waals surface area contributed by atoms with Crippen molar-refractivity contribution in [1.29, 1.82) is 0 Å². The Bertz CT molecular complexity index is 1250. The van der Waals surface area contributed by atoms with Crippen molar-refractivity contribution < 1.29 is 14.0 Å². The number of rotatable bonds is 7. The number of anilines is 1. The summed E-state index contributed by atoms with van der Waals surface area (Å²) in [5, 5.41) is 8.36. The molecule has 3 heterocycles. The first-order valence-corrected chi connectivity index (χ1v) is 11.8. The number of amides is 2. The molecule has 9 heteroatoms. The van der Waals surface area contributed by atoms with Crippen LogP contribution in [0.1, 0.15) is 33.5 Å². The minimum atomic E-state index is -0.428. The molecule has 1 atom stereocenters. The summed E-state index contributed by atoms with van der Waals surface area (Å²) in [7, 11) is 0. The van der Waals surface area contributed by atoms with E-state index in [1.165, 1.54) is 11.8 Å². The Labute approximate surface area is 193 Å². The lowest BCUT2D eigenvalue weighted by Crippen LogP contribution is -2.30. The van der Waals surface area contributed by atoms with Crippen LogP contribution in [0.2, 0.25) is 0 Å². The topological polar surface area (TPSA) is 97.1 Å². The van der Waals surface area contributed by atoms with Crippen LogP contribution in [-0.4, -0.2) is 27.0 Å². The van der Waals surface area contributed by atoms with Gasteiger partial charge in [0.05, 0.1) is 17.2 Å². The Kier molecular flexibility index (Phi) is 6.57. The van der Waals surface area contributed by atoms with E-state index < -0.39 is 5.25 Å². The summed E-state index contributed by atoms with van der Waals surface area (Å²) in [4.78, 5) is 35.4. The van der Waals surface area contributed by atoms with Gasteiger partial charge in [-0.3, -0.25) is 9.59 Å². The lowest BCUT2D eigenvalue weighted by molar-refractivity contribution is -0.120. The second-order valence-electron chi connectivity index (χ2n) is 7.20. The van der Waals surface area contributed by atoms with Crippen LogP contribution < -0.4 is 10.6 Å². The fourth-order valence-electron chi connectivity index (χ4n) is 3.09. The third-order valence-corrected chi connectivity index (χ3v) is 6.78. The molecule has 0 fully saturated rings. The Morgan fingerprint density at radius 3 is 2.62 bits per heavy atom. The molecule has 4 aromatic rings. The number of nitrogens with one attached hydrogen (secondary N) is 2. The van der Waals surface area contributed by atoms with Crippen molar-refractivity contribution in [3.63, 3.8) is 0 Å². The molecule has 0 spiro atoms. The summed E-state index contributed by atoms with van der Waals surface area (Å²) in [6, 6.07) is 12.8. The number of carbonyl (C=O) groups excluding carboxylic acids is 2. The number of hydrogen-bond donors (Lipinski definition) is 2. The first-order valence-electron chi connectivity index (χ1n) is 10.0. The number of carbonyl (C=O) groups is 2. The van der Waals surface area contributed by atoms with E-state index in [0.29, 0.717) is 39.9 Å². The van der Waals surface area contributed by atoms with Gasteiger partial charge < -0.3 is 15.1 Å². The van der Waals surface area contributed by atoms with Gasteiger partial charge in [-0.1, -0.05) is 36.0 Å². The van der Waals surface area contributed by atoms with E-state index in [9.17, 15) is 9.59 Å². The summed E-state index contributed by atoms with van der Waals surface area (Å²) >= 11 is 2.81. The highest BCUT2D eigenvalue weighted by atomic mass is 32.2. The standard InChI is InChI=1S/C23H22N4O3S2/c1-13-14(2)30-22-18(13)19(25-21(29)16-8-5-4-6-9-16)26-23(27-22)32-15(3)20(28)24-12-17-10-7-11-31-17/h4-11,15H,12H2,1-3H3,(H,24,28)(H,25,26,27,29). The highest BCUT2D eigenvalue weighted by molar-refractivity contribution is 8.00. The summed E-state index contributed by atoms with van der Waals surface area (Å²) in [5.74, 6) is 0.676. The summed E-state index contributed by atoms with van der Waals surface area (Å²) < 4.78 is 5.79. The van der Waals surface area contributed by atoms with Crippen LogP contribution in [0.5, 0.6) is 0 Å². The zero-order valence-electron chi connectivity index (χ0n) is 17.8. The molecule has 3 aromatic heterocycles. The third-order valence-electron chi connectivity index (χ3n) is 4.94. The first kappa shape index (κ1) is 22.0. The maximum atomic E-state index is 12.7. The molecule has 2 N–H and O–H groups in total. The van der Waals surface area contributed by atoms with Gasteiger partial charge in [0.25, 0.3) is 5.91 Å². The molecule has 4 rings (SSSR count). The monoisotopic (exact) mass is 466 g/mol. The first-order chi connectivity index (χ1) is 15.4. The molecular weight excluding hydrogens is 444 g/mol. The second kappa shape index (κ2) is 9.54. The van der Waals surface area contributed by atoms with E-state index in [1.54, 1.807) is 42.5 Å². The number of aromatic nitrogens is 2. The summed E-state index contributed by atoms with van der Waals surface area (Å²) in [6.45, 7) is 6.02. The molecule has 0 saturated heterocycles. The molecule has 0 bridgehead atoms. The normalized spacial score (nSPS) is 12.0. The third kappa shape index (κ3) is 4.84. The van der Waals surface area contributed by atoms with Crippen LogP contribution in [0.4, 0.5) is 5.82 Å². The maximum Gasteiger partial charge on any atom is 0.256 e. The molecule has 164 valence electrons. The largest absolute Gasteiger partial charge is 0.443 e. The van der Waals surface area contributed by atoms with E-state index in [1.807, 2.05) is 37.4 Å². The summed E-state index contributed by atoms with van der Waals surface area (Å²) in [6.07, 6.45) is 0. The molecule has 0 radical (unpaired) electrons. The number of fused-ring (bicyclic) bond motifs is 1. The van der Waals surface area contributed by atoms with Crippen molar-refractivity contribution in [2.24, 2.45) is 0 Å². The Morgan fingerprint density at radius 2 is 1.91 bits per heavy atom. The van der Waals surface area contributed by atoms with Gasteiger partial charge in [-0.2, -0.15) is 4.98 Å². The fraction of sp³-hybridized carbons (Fsp3) is 0.217. The Balaban J connectivity index is 1.56. The average Bonchev–Trinajstić information content (AvgIpc) is 3.40. The zero-order valence-corrected chi connectivity index (χ0v) is 19.5. The van der Waals surface area contributed by atoms with Gasteiger partial charge in [-0.25, -0.2) is 4.98 Å². The van der Waals surface area contributed by atoms with Crippen LogP contribution in [0, 0.1) is 13.8 Å². The van der Waals surface area contributed by atoms with Crippen molar-refractivity contribution in [1.82, 2.24) is 15.3 Å². The molecule has 32 heavy (non-hydrogen) atoms. The highest BCUT2D eigenvalue weighted by Gasteiger charge is 2.22. The SMILES string of the molecule is Cc1oc2nc(SC(C)C(=O)NCc3cccs3)nc(NC(=O)c3ccccc3)c2c1C. The minimum Gasteiger partial charge on any atom is -0.443 e. The van der Waals surface area contributed by atoms with Gasteiger partial charge in [0.1, 0.15) is 11.6 Å². The van der Waals surface area contributed by atoms with Gasteiger partial charge in [-0.05, 0) is 44.4 Å². The quantitative estimate of drug-likeness (QED) is 0.295. The molecule has 0 aliphatic rings. The fourth-order valence-corrected chi connectivity index (χ4v) is 4.52. The minimum absolute atomic E-state index is 0.117. The van der Waals surface area contributed by atoms with Gasteiger partial charge in [0.2, 0.25) is 11.6 Å². The van der Waals surface area contributed by atoms with Crippen LogP contribution in [-0.2, 0) is 11.3 Å². The number of furan rings is 1.